The Bertz CT molecular complexity index is 804. The third-order valence-electron chi connectivity index (χ3n) is 3.46. The Hall–Kier alpha value is -2.21. The molecule has 2 rings (SSSR count). The first-order valence-corrected chi connectivity index (χ1v) is 8.97. The number of carbonyl (C=O) groups excluding carboxylic acids is 1. The molecular weight excluding hydrogens is 317 g/mol. The molecule has 1 unspecified atom stereocenters. The third kappa shape index (κ3) is 4.89. The summed E-state index contributed by atoms with van der Waals surface area (Å²) in [5, 5.41) is 0. The molecule has 4 nitrogen and oxygen atoms in total. The second-order valence-corrected chi connectivity index (χ2v) is 7.21. The fourth-order valence-corrected chi connectivity index (χ4v) is 2.94. The summed E-state index contributed by atoms with van der Waals surface area (Å²) in [6.07, 6.45) is 1.42. The van der Waals surface area contributed by atoms with Crippen molar-refractivity contribution in [1.29, 1.82) is 0 Å². The molecule has 2 aromatic rings. The minimum absolute atomic E-state index is 0.0722. The predicted molar refractivity (Wildman–Crippen MR) is 88.4 cm³/mol. The molecule has 0 heterocycles. The number of nitrogens with one attached hydrogen (secondary N) is 1. The van der Waals surface area contributed by atoms with E-state index in [1.54, 1.807) is 6.07 Å². The van der Waals surface area contributed by atoms with Gasteiger partial charge in [-0.25, -0.2) is 12.8 Å². The van der Waals surface area contributed by atoms with E-state index < -0.39 is 21.8 Å². The predicted octanol–water partition coefficient (Wildman–Crippen LogP) is 3.11. The van der Waals surface area contributed by atoms with Gasteiger partial charge in [0.25, 0.3) is 0 Å². The van der Waals surface area contributed by atoms with E-state index in [0.717, 1.165) is 11.8 Å². The molecule has 0 amide bonds. The van der Waals surface area contributed by atoms with Gasteiger partial charge in [-0.05, 0) is 36.6 Å². The molecule has 0 radical (unpaired) electrons. The molecular formula is C17H18FNO3S. The van der Waals surface area contributed by atoms with Crippen LogP contribution in [0.5, 0.6) is 0 Å². The van der Waals surface area contributed by atoms with E-state index in [0.29, 0.717) is 12.0 Å². The zero-order valence-corrected chi connectivity index (χ0v) is 13.7. The Balaban J connectivity index is 2.30. The van der Waals surface area contributed by atoms with Crippen molar-refractivity contribution in [3.8, 4) is 0 Å². The Labute approximate surface area is 135 Å². The number of Topliss-reactive ketones (excluding diaryl/α,β-unsaturated/α-hetero) is 1. The lowest BCUT2D eigenvalue weighted by atomic mass is 9.89. The number of halogens is 1. The van der Waals surface area contributed by atoms with Crippen LogP contribution in [0.15, 0.2) is 48.5 Å². The van der Waals surface area contributed by atoms with E-state index in [4.69, 9.17) is 0 Å². The number of hydrogen-bond acceptors (Lipinski definition) is 3. The van der Waals surface area contributed by atoms with Crippen LogP contribution in [-0.4, -0.2) is 20.5 Å². The summed E-state index contributed by atoms with van der Waals surface area (Å²) >= 11 is 0. The van der Waals surface area contributed by atoms with E-state index >= 15 is 0 Å². The van der Waals surface area contributed by atoms with Gasteiger partial charge in [-0.3, -0.25) is 9.52 Å². The highest BCUT2D eigenvalue weighted by molar-refractivity contribution is 7.92. The summed E-state index contributed by atoms with van der Waals surface area (Å²) in [7, 11) is -3.55. The van der Waals surface area contributed by atoms with Gasteiger partial charge in [-0.1, -0.05) is 36.4 Å². The van der Waals surface area contributed by atoms with Crippen LogP contribution in [0.2, 0.25) is 0 Å². The molecule has 6 heteroatoms. The van der Waals surface area contributed by atoms with Crippen molar-refractivity contribution >= 4 is 21.5 Å². The maximum absolute atomic E-state index is 14.1. The van der Waals surface area contributed by atoms with Crippen molar-refractivity contribution in [3.63, 3.8) is 0 Å². The van der Waals surface area contributed by atoms with Crippen LogP contribution in [0.4, 0.5) is 10.1 Å². The zero-order chi connectivity index (χ0) is 17.0. The molecule has 0 aliphatic rings. The van der Waals surface area contributed by atoms with Gasteiger partial charge >= 0.3 is 0 Å². The fraction of sp³-hybridized carbons (Fsp3) is 0.235. The van der Waals surface area contributed by atoms with Gasteiger partial charge in [0.05, 0.1) is 11.9 Å². The molecule has 0 saturated carbocycles. The molecule has 2 aromatic carbocycles. The molecule has 1 N–H and O–H groups in total. The quantitative estimate of drug-likeness (QED) is 0.882. The third-order valence-corrected chi connectivity index (χ3v) is 4.05. The lowest BCUT2D eigenvalue weighted by Crippen LogP contribution is -2.14. The topological polar surface area (TPSA) is 63.2 Å². The highest BCUT2D eigenvalue weighted by Gasteiger charge is 2.19. The van der Waals surface area contributed by atoms with Crippen LogP contribution in [0.25, 0.3) is 0 Å². The van der Waals surface area contributed by atoms with Gasteiger partial charge in [0.1, 0.15) is 11.6 Å². The molecule has 0 spiro atoms. The van der Waals surface area contributed by atoms with E-state index in [1.807, 2.05) is 30.3 Å². The van der Waals surface area contributed by atoms with Crippen molar-refractivity contribution in [2.45, 2.75) is 19.3 Å². The number of sulfonamides is 1. The van der Waals surface area contributed by atoms with E-state index in [1.165, 1.54) is 19.1 Å². The smallest absolute Gasteiger partial charge is 0.229 e. The number of carbonyl (C=O) groups is 1. The SMILES string of the molecule is CC(=O)C(Cc1ccccc1)c1ccc(NS(C)(=O)=O)c(F)c1. The number of benzene rings is 2. The van der Waals surface area contributed by atoms with Crippen LogP contribution < -0.4 is 4.72 Å². The van der Waals surface area contributed by atoms with Crippen molar-refractivity contribution < 1.29 is 17.6 Å². The first-order chi connectivity index (χ1) is 10.8. The molecule has 0 bridgehead atoms. The minimum Gasteiger partial charge on any atom is -0.299 e. The number of anilines is 1. The van der Waals surface area contributed by atoms with Crippen LogP contribution in [0.1, 0.15) is 24.0 Å². The van der Waals surface area contributed by atoms with Crippen molar-refractivity contribution in [1.82, 2.24) is 0 Å². The molecule has 0 saturated heterocycles. The van der Waals surface area contributed by atoms with Gasteiger partial charge < -0.3 is 0 Å². The second kappa shape index (κ2) is 6.91. The molecule has 0 fully saturated rings. The number of ketones is 1. The average molecular weight is 335 g/mol. The first kappa shape index (κ1) is 17.1. The standard InChI is InChI=1S/C17H18FNO3S/c1-12(20)15(10-13-6-4-3-5-7-13)14-8-9-17(16(18)11-14)19-23(2,21)22/h3-9,11,15,19H,10H2,1-2H3. The summed E-state index contributed by atoms with van der Waals surface area (Å²) in [5.41, 5.74) is 1.38. The summed E-state index contributed by atoms with van der Waals surface area (Å²) in [6.45, 7) is 1.47. The highest BCUT2D eigenvalue weighted by atomic mass is 32.2. The van der Waals surface area contributed by atoms with Gasteiger partial charge in [0.15, 0.2) is 0 Å². The summed E-state index contributed by atoms with van der Waals surface area (Å²) in [6, 6.07) is 13.6. The summed E-state index contributed by atoms with van der Waals surface area (Å²) < 4.78 is 38.6. The van der Waals surface area contributed by atoms with Gasteiger partial charge in [-0.15, -0.1) is 0 Å². The lowest BCUT2D eigenvalue weighted by molar-refractivity contribution is -0.118. The number of hydrogen-bond donors (Lipinski definition) is 1. The Morgan fingerprint density at radius 2 is 1.83 bits per heavy atom. The Kier molecular flexibility index (Phi) is 5.15. The van der Waals surface area contributed by atoms with E-state index in [-0.39, 0.29) is 11.5 Å². The molecule has 23 heavy (non-hydrogen) atoms. The Morgan fingerprint density at radius 1 is 1.17 bits per heavy atom. The van der Waals surface area contributed by atoms with Crippen LogP contribution in [0, 0.1) is 5.82 Å². The highest BCUT2D eigenvalue weighted by Crippen LogP contribution is 2.26. The van der Waals surface area contributed by atoms with Gasteiger partial charge in [0, 0.05) is 5.92 Å². The van der Waals surface area contributed by atoms with E-state index in [2.05, 4.69) is 4.72 Å². The fourth-order valence-electron chi connectivity index (χ4n) is 2.38. The maximum Gasteiger partial charge on any atom is 0.229 e. The average Bonchev–Trinajstić information content (AvgIpc) is 2.46. The van der Waals surface area contributed by atoms with Gasteiger partial charge in [-0.2, -0.15) is 0 Å². The second-order valence-electron chi connectivity index (χ2n) is 5.47. The summed E-state index contributed by atoms with van der Waals surface area (Å²) in [4.78, 5) is 11.9. The largest absolute Gasteiger partial charge is 0.299 e. The van der Waals surface area contributed by atoms with Crippen LogP contribution >= 0.6 is 0 Å². The molecule has 122 valence electrons. The van der Waals surface area contributed by atoms with Crippen LogP contribution in [-0.2, 0) is 21.2 Å². The normalized spacial score (nSPS) is 12.7. The van der Waals surface area contributed by atoms with E-state index in [9.17, 15) is 17.6 Å². The van der Waals surface area contributed by atoms with Crippen molar-refractivity contribution in [3.05, 3.63) is 65.5 Å². The van der Waals surface area contributed by atoms with Gasteiger partial charge in [0.2, 0.25) is 10.0 Å². The monoisotopic (exact) mass is 335 g/mol. The Morgan fingerprint density at radius 3 is 2.35 bits per heavy atom. The molecule has 1 atom stereocenters. The maximum atomic E-state index is 14.1. The molecule has 0 aromatic heterocycles. The van der Waals surface area contributed by atoms with Crippen molar-refractivity contribution in [2.24, 2.45) is 0 Å². The lowest BCUT2D eigenvalue weighted by Gasteiger charge is -2.16. The first-order valence-electron chi connectivity index (χ1n) is 7.08. The molecule has 0 aliphatic carbocycles. The number of rotatable bonds is 6. The van der Waals surface area contributed by atoms with Crippen LogP contribution in [0.3, 0.4) is 0 Å². The van der Waals surface area contributed by atoms with Crippen molar-refractivity contribution in [2.75, 3.05) is 11.0 Å². The zero-order valence-electron chi connectivity index (χ0n) is 12.9. The molecule has 0 aliphatic heterocycles. The summed E-state index contributed by atoms with van der Waals surface area (Å²) in [5.74, 6) is -1.25. The minimum atomic E-state index is -3.55.